The second-order valence-corrected chi connectivity index (χ2v) is 8.40. The van der Waals surface area contributed by atoms with Gasteiger partial charge in [0.1, 0.15) is 12.4 Å². The molecule has 1 fully saturated rings. The molecule has 2 aromatic heterocycles. The summed E-state index contributed by atoms with van der Waals surface area (Å²) < 4.78 is 7.68. The number of ether oxygens (including phenoxy) is 1. The number of nitrogens with zero attached hydrogens (tertiary/aromatic N) is 6. The van der Waals surface area contributed by atoms with Crippen molar-refractivity contribution in [2.45, 2.75) is 51.9 Å². The van der Waals surface area contributed by atoms with Crippen LogP contribution in [-0.4, -0.2) is 57.4 Å². The molecule has 1 saturated heterocycles. The van der Waals surface area contributed by atoms with Crippen LogP contribution >= 0.6 is 0 Å². The zero-order chi connectivity index (χ0) is 18.3. The molecule has 0 bridgehead atoms. The summed E-state index contributed by atoms with van der Waals surface area (Å²) in [6.45, 7) is 11.6. The van der Waals surface area contributed by atoms with E-state index in [1.54, 1.807) is 0 Å². The van der Waals surface area contributed by atoms with Crippen LogP contribution in [0.5, 0.6) is 0 Å². The quantitative estimate of drug-likeness (QED) is 0.833. The molecule has 7 heteroatoms. The number of likely N-dealkylation sites (N-methyl/N-ethyl adjacent to an activating group) is 1. The summed E-state index contributed by atoms with van der Waals surface area (Å²) >= 11 is 0. The van der Waals surface area contributed by atoms with Gasteiger partial charge in [-0.3, -0.25) is 4.90 Å². The molecule has 0 aliphatic carbocycles. The number of fused-ring (bicyclic) bond motifs is 1. The highest BCUT2D eigenvalue weighted by atomic mass is 16.5. The first-order valence-corrected chi connectivity index (χ1v) is 9.32. The van der Waals surface area contributed by atoms with E-state index in [-0.39, 0.29) is 5.41 Å². The van der Waals surface area contributed by atoms with Gasteiger partial charge in [-0.25, -0.2) is 4.98 Å². The van der Waals surface area contributed by atoms with Crippen molar-refractivity contribution in [3.8, 4) is 0 Å². The van der Waals surface area contributed by atoms with E-state index in [1.165, 1.54) is 0 Å². The van der Waals surface area contributed by atoms with Gasteiger partial charge in [0.05, 0.1) is 18.0 Å². The maximum absolute atomic E-state index is 5.47. The minimum Gasteiger partial charge on any atom is -0.372 e. The third kappa shape index (κ3) is 3.46. The SMILES string of the molecule is CN(Cc1cn2c(n1)COCC2)C1CN(c2ccc(C(C)(C)C)nn2)C1. The lowest BCUT2D eigenvalue weighted by Crippen LogP contribution is -2.58. The summed E-state index contributed by atoms with van der Waals surface area (Å²) in [7, 11) is 2.17. The van der Waals surface area contributed by atoms with Gasteiger partial charge in [0.15, 0.2) is 5.82 Å². The van der Waals surface area contributed by atoms with E-state index >= 15 is 0 Å². The summed E-state index contributed by atoms with van der Waals surface area (Å²) in [4.78, 5) is 9.36. The summed E-state index contributed by atoms with van der Waals surface area (Å²) in [5.41, 5.74) is 2.20. The predicted octanol–water partition coefficient (Wildman–Crippen LogP) is 1.82. The largest absolute Gasteiger partial charge is 0.372 e. The van der Waals surface area contributed by atoms with Crippen LogP contribution in [-0.2, 0) is 29.8 Å². The van der Waals surface area contributed by atoms with Crippen LogP contribution in [0.3, 0.4) is 0 Å². The molecule has 4 rings (SSSR count). The van der Waals surface area contributed by atoms with Gasteiger partial charge in [0.25, 0.3) is 0 Å². The molecule has 140 valence electrons. The minimum atomic E-state index is 0.0397. The van der Waals surface area contributed by atoms with Gasteiger partial charge in [-0.2, -0.15) is 5.10 Å². The molecular weight excluding hydrogens is 328 g/mol. The van der Waals surface area contributed by atoms with Crippen LogP contribution in [0.15, 0.2) is 18.3 Å². The third-order valence-electron chi connectivity index (χ3n) is 5.26. The molecule has 7 nitrogen and oxygen atoms in total. The van der Waals surface area contributed by atoms with Crippen molar-refractivity contribution < 1.29 is 4.74 Å². The normalized spacial score (nSPS) is 18.1. The zero-order valence-electron chi connectivity index (χ0n) is 16.1. The highest BCUT2D eigenvalue weighted by Gasteiger charge is 2.31. The number of rotatable bonds is 4. The molecule has 0 spiro atoms. The van der Waals surface area contributed by atoms with Crippen molar-refractivity contribution in [1.82, 2.24) is 24.6 Å². The van der Waals surface area contributed by atoms with Crippen LogP contribution < -0.4 is 4.90 Å². The number of hydrogen-bond acceptors (Lipinski definition) is 6. The van der Waals surface area contributed by atoms with Crippen molar-refractivity contribution >= 4 is 5.82 Å². The molecule has 0 atom stereocenters. The van der Waals surface area contributed by atoms with E-state index in [4.69, 9.17) is 9.72 Å². The smallest absolute Gasteiger partial charge is 0.151 e. The molecule has 0 amide bonds. The first-order chi connectivity index (χ1) is 12.4. The van der Waals surface area contributed by atoms with Crippen LogP contribution in [0.25, 0.3) is 0 Å². The standard InChI is InChI=1S/C19H28N6O/c1-19(2,3)16-5-6-17(22-21-16)25-11-15(12-25)23(4)9-14-10-24-7-8-26-13-18(24)20-14/h5-6,10,15H,7-9,11-13H2,1-4H3. The first kappa shape index (κ1) is 17.4. The summed E-state index contributed by atoms with van der Waals surface area (Å²) in [6, 6.07) is 4.71. The Morgan fingerprint density at radius 2 is 2.04 bits per heavy atom. The van der Waals surface area contributed by atoms with Crippen LogP contribution in [0.4, 0.5) is 5.82 Å². The van der Waals surface area contributed by atoms with Gasteiger partial charge < -0.3 is 14.2 Å². The Balaban J connectivity index is 1.32. The lowest BCUT2D eigenvalue weighted by molar-refractivity contribution is 0.0816. The van der Waals surface area contributed by atoms with Crippen molar-refractivity contribution in [1.29, 1.82) is 0 Å². The fraction of sp³-hybridized carbons (Fsp3) is 0.632. The topological polar surface area (TPSA) is 59.3 Å². The molecular formula is C19H28N6O. The van der Waals surface area contributed by atoms with E-state index < -0.39 is 0 Å². The number of anilines is 1. The molecule has 0 aromatic carbocycles. The second-order valence-electron chi connectivity index (χ2n) is 8.40. The van der Waals surface area contributed by atoms with Crippen molar-refractivity contribution in [2.24, 2.45) is 0 Å². The Hall–Kier alpha value is -1.99. The van der Waals surface area contributed by atoms with Crippen molar-refractivity contribution in [2.75, 3.05) is 31.6 Å². The monoisotopic (exact) mass is 356 g/mol. The van der Waals surface area contributed by atoms with E-state index in [1.807, 2.05) is 0 Å². The molecule has 2 aromatic rings. The first-order valence-electron chi connectivity index (χ1n) is 9.32. The molecule has 4 heterocycles. The zero-order valence-corrected chi connectivity index (χ0v) is 16.1. The molecule has 2 aliphatic heterocycles. The average molecular weight is 356 g/mol. The molecule has 0 unspecified atom stereocenters. The van der Waals surface area contributed by atoms with E-state index in [0.29, 0.717) is 12.6 Å². The Kier molecular flexibility index (Phi) is 4.44. The minimum absolute atomic E-state index is 0.0397. The van der Waals surface area contributed by atoms with Gasteiger partial charge in [-0.15, -0.1) is 5.10 Å². The highest BCUT2D eigenvalue weighted by molar-refractivity contribution is 5.42. The van der Waals surface area contributed by atoms with E-state index in [2.05, 4.69) is 70.7 Å². The summed E-state index contributed by atoms with van der Waals surface area (Å²) in [5, 5.41) is 8.81. The van der Waals surface area contributed by atoms with Crippen LogP contribution in [0.2, 0.25) is 0 Å². The molecule has 0 radical (unpaired) electrons. The highest BCUT2D eigenvalue weighted by Crippen LogP contribution is 2.25. The van der Waals surface area contributed by atoms with Crippen molar-refractivity contribution in [3.63, 3.8) is 0 Å². The Morgan fingerprint density at radius 1 is 1.23 bits per heavy atom. The Bertz CT molecular complexity index is 734. The molecule has 26 heavy (non-hydrogen) atoms. The van der Waals surface area contributed by atoms with Gasteiger partial charge in [-0.05, 0) is 19.2 Å². The Morgan fingerprint density at radius 3 is 2.69 bits per heavy atom. The second kappa shape index (κ2) is 6.63. The molecule has 0 saturated carbocycles. The van der Waals surface area contributed by atoms with Gasteiger partial charge in [0.2, 0.25) is 0 Å². The third-order valence-corrected chi connectivity index (χ3v) is 5.26. The lowest BCUT2D eigenvalue weighted by atomic mass is 9.92. The maximum atomic E-state index is 5.47. The predicted molar refractivity (Wildman–Crippen MR) is 100 cm³/mol. The van der Waals surface area contributed by atoms with Crippen molar-refractivity contribution in [3.05, 3.63) is 35.5 Å². The lowest BCUT2D eigenvalue weighted by Gasteiger charge is -2.44. The maximum Gasteiger partial charge on any atom is 0.151 e. The van der Waals surface area contributed by atoms with E-state index in [0.717, 1.165) is 55.8 Å². The summed E-state index contributed by atoms with van der Waals surface area (Å²) in [6.07, 6.45) is 2.17. The Labute approximate surface area is 155 Å². The number of hydrogen-bond donors (Lipinski definition) is 0. The summed E-state index contributed by atoms with van der Waals surface area (Å²) in [5.74, 6) is 2.02. The number of aromatic nitrogens is 4. The van der Waals surface area contributed by atoms with Gasteiger partial charge in [0, 0.05) is 43.8 Å². The van der Waals surface area contributed by atoms with Crippen LogP contribution in [0, 0.1) is 0 Å². The van der Waals surface area contributed by atoms with Gasteiger partial charge >= 0.3 is 0 Å². The van der Waals surface area contributed by atoms with E-state index in [9.17, 15) is 0 Å². The fourth-order valence-electron chi connectivity index (χ4n) is 3.42. The average Bonchev–Trinajstić information content (AvgIpc) is 2.95. The van der Waals surface area contributed by atoms with Crippen LogP contribution in [0.1, 0.15) is 38.0 Å². The molecule has 0 N–H and O–H groups in total. The van der Waals surface area contributed by atoms with Gasteiger partial charge in [-0.1, -0.05) is 20.8 Å². The number of imidazole rings is 1. The molecule has 2 aliphatic rings. The fourth-order valence-corrected chi connectivity index (χ4v) is 3.42.